The van der Waals surface area contributed by atoms with Crippen molar-refractivity contribution in [1.82, 2.24) is 4.72 Å². The molecule has 6 nitrogen and oxygen atoms in total. The van der Waals surface area contributed by atoms with Crippen molar-refractivity contribution in [2.24, 2.45) is 0 Å². The molecule has 0 saturated carbocycles. The van der Waals surface area contributed by atoms with E-state index in [1.165, 1.54) is 24.3 Å². The minimum absolute atomic E-state index is 0.129. The van der Waals surface area contributed by atoms with Gasteiger partial charge in [0.25, 0.3) is 0 Å². The van der Waals surface area contributed by atoms with Gasteiger partial charge in [-0.2, -0.15) is 0 Å². The molecule has 2 rings (SSSR count). The second-order valence-electron chi connectivity index (χ2n) is 5.22. The lowest BCUT2D eigenvalue weighted by molar-refractivity contribution is -0.129. The number of unbranched alkanes of at least 4 members (excludes halogenated alkanes) is 1. The molecule has 0 spiro atoms. The number of hydrogen-bond acceptors (Lipinski definition) is 4. The first-order valence-electron chi connectivity index (χ1n) is 7.41. The Morgan fingerprint density at radius 1 is 1.09 bits per heavy atom. The van der Waals surface area contributed by atoms with E-state index < -0.39 is 10.0 Å². The summed E-state index contributed by atoms with van der Waals surface area (Å²) in [5, 5.41) is 0. The fraction of sp³-hybridized carbons (Fsp3) is 0.467. The lowest BCUT2D eigenvalue weighted by Gasteiger charge is -2.24. The predicted octanol–water partition coefficient (Wildman–Crippen LogP) is 1.81. The van der Waals surface area contributed by atoms with Crippen LogP contribution in [0.5, 0.6) is 0 Å². The standard InChI is InChI=1S/C15H20N2O4S/c1-2-3-11-16-22(20,21)13-9-7-12(8-10-13)17-14(18)5-4-6-15(17)19/h7-10,16H,2-6,11H2,1H3. The van der Waals surface area contributed by atoms with E-state index >= 15 is 0 Å². The Morgan fingerprint density at radius 3 is 2.23 bits per heavy atom. The molecule has 2 amide bonds. The number of imide groups is 1. The van der Waals surface area contributed by atoms with E-state index in [9.17, 15) is 18.0 Å². The van der Waals surface area contributed by atoms with E-state index in [0.29, 0.717) is 31.5 Å². The van der Waals surface area contributed by atoms with Crippen LogP contribution in [0, 0.1) is 0 Å². The highest BCUT2D eigenvalue weighted by molar-refractivity contribution is 7.89. The van der Waals surface area contributed by atoms with Gasteiger partial charge in [0.1, 0.15) is 0 Å². The third-order valence-corrected chi connectivity index (χ3v) is 4.98. The maximum Gasteiger partial charge on any atom is 0.240 e. The summed E-state index contributed by atoms with van der Waals surface area (Å²) < 4.78 is 26.6. The molecule has 0 bridgehead atoms. The maximum absolute atomic E-state index is 12.1. The molecule has 1 aliphatic heterocycles. The molecule has 1 saturated heterocycles. The molecule has 1 N–H and O–H groups in total. The fourth-order valence-electron chi connectivity index (χ4n) is 2.28. The van der Waals surface area contributed by atoms with Crippen molar-refractivity contribution >= 4 is 27.5 Å². The number of piperidine rings is 1. The molecule has 1 aliphatic rings. The zero-order valence-electron chi connectivity index (χ0n) is 12.5. The number of amides is 2. The number of carbonyl (C=O) groups is 2. The Labute approximate surface area is 130 Å². The van der Waals surface area contributed by atoms with Crippen LogP contribution in [0.15, 0.2) is 29.2 Å². The van der Waals surface area contributed by atoms with E-state index in [1.54, 1.807) is 0 Å². The van der Waals surface area contributed by atoms with Gasteiger partial charge < -0.3 is 0 Å². The molecule has 22 heavy (non-hydrogen) atoms. The van der Waals surface area contributed by atoms with Crippen LogP contribution < -0.4 is 9.62 Å². The molecule has 0 unspecified atom stereocenters. The average Bonchev–Trinajstić information content (AvgIpc) is 2.48. The SMILES string of the molecule is CCCCNS(=O)(=O)c1ccc(N2C(=O)CCCC2=O)cc1. The molecule has 0 radical (unpaired) electrons. The maximum atomic E-state index is 12.1. The molecule has 0 aliphatic carbocycles. The molecule has 120 valence electrons. The van der Waals surface area contributed by atoms with Gasteiger partial charge in [-0.15, -0.1) is 0 Å². The van der Waals surface area contributed by atoms with Gasteiger partial charge in [-0.1, -0.05) is 13.3 Å². The van der Waals surface area contributed by atoms with E-state index in [-0.39, 0.29) is 16.7 Å². The summed E-state index contributed by atoms with van der Waals surface area (Å²) in [6.07, 6.45) is 2.92. The van der Waals surface area contributed by atoms with Crippen molar-refractivity contribution < 1.29 is 18.0 Å². The van der Waals surface area contributed by atoms with Crippen LogP contribution in [0.2, 0.25) is 0 Å². The largest absolute Gasteiger partial charge is 0.274 e. The molecule has 1 fully saturated rings. The van der Waals surface area contributed by atoms with Crippen molar-refractivity contribution in [2.45, 2.75) is 43.9 Å². The van der Waals surface area contributed by atoms with Gasteiger partial charge in [-0.25, -0.2) is 13.1 Å². The summed E-state index contributed by atoms with van der Waals surface area (Å²) in [4.78, 5) is 24.9. The van der Waals surface area contributed by atoms with E-state index in [2.05, 4.69) is 4.72 Å². The smallest absolute Gasteiger partial charge is 0.240 e. The summed E-state index contributed by atoms with van der Waals surface area (Å²) in [5.41, 5.74) is 0.419. The normalized spacial score (nSPS) is 16.1. The summed E-state index contributed by atoms with van der Waals surface area (Å²) in [6.45, 7) is 2.37. The van der Waals surface area contributed by atoms with Crippen molar-refractivity contribution in [2.75, 3.05) is 11.4 Å². The van der Waals surface area contributed by atoms with Gasteiger partial charge >= 0.3 is 0 Å². The second kappa shape index (κ2) is 7.02. The highest BCUT2D eigenvalue weighted by Crippen LogP contribution is 2.23. The summed E-state index contributed by atoms with van der Waals surface area (Å²) in [5.74, 6) is -0.485. The van der Waals surface area contributed by atoms with Crippen LogP contribution in [0.25, 0.3) is 0 Å². The average molecular weight is 324 g/mol. The molecule has 0 aromatic heterocycles. The third kappa shape index (κ3) is 3.72. The fourth-order valence-corrected chi connectivity index (χ4v) is 3.36. The Balaban J connectivity index is 2.16. The summed E-state index contributed by atoms with van der Waals surface area (Å²) in [6, 6.07) is 5.82. The number of anilines is 1. The second-order valence-corrected chi connectivity index (χ2v) is 6.99. The van der Waals surface area contributed by atoms with Gasteiger partial charge in [0.2, 0.25) is 21.8 Å². The highest BCUT2D eigenvalue weighted by atomic mass is 32.2. The lowest BCUT2D eigenvalue weighted by atomic mass is 10.1. The molecule has 7 heteroatoms. The van der Waals surface area contributed by atoms with Gasteiger partial charge in [-0.3, -0.25) is 14.5 Å². The molecule has 1 heterocycles. The molecular weight excluding hydrogens is 304 g/mol. The first kappa shape index (κ1) is 16.6. The predicted molar refractivity (Wildman–Crippen MR) is 82.9 cm³/mol. The van der Waals surface area contributed by atoms with Gasteiger partial charge in [-0.05, 0) is 37.1 Å². The zero-order valence-corrected chi connectivity index (χ0v) is 13.4. The van der Waals surface area contributed by atoms with Crippen LogP contribution in [0.3, 0.4) is 0 Å². The number of benzene rings is 1. The van der Waals surface area contributed by atoms with Crippen molar-refractivity contribution in [3.63, 3.8) is 0 Å². The Kier molecular flexibility index (Phi) is 5.31. The number of carbonyl (C=O) groups excluding carboxylic acids is 2. The minimum Gasteiger partial charge on any atom is -0.274 e. The Hall–Kier alpha value is -1.73. The van der Waals surface area contributed by atoms with Crippen molar-refractivity contribution in [3.05, 3.63) is 24.3 Å². The Bertz CT molecular complexity index is 637. The molecular formula is C15H20N2O4S. The molecule has 0 atom stereocenters. The number of hydrogen-bond donors (Lipinski definition) is 1. The number of sulfonamides is 1. The van der Waals surface area contributed by atoms with Crippen LogP contribution in [0.1, 0.15) is 39.0 Å². The lowest BCUT2D eigenvalue weighted by Crippen LogP contribution is -2.40. The van der Waals surface area contributed by atoms with E-state index in [1.807, 2.05) is 6.92 Å². The minimum atomic E-state index is -3.55. The topological polar surface area (TPSA) is 83.6 Å². The van der Waals surface area contributed by atoms with E-state index in [4.69, 9.17) is 0 Å². The van der Waals surface area contributed by atoms with Crippen LogP contribution in [-0.4, -0.2) is 26.8 Å². The van der Waals surface area contributed by atoms with Crippen LogP contribution in [0.4, 0.5) is 5.69 Å². The Morgan fingerprint density at radius 2 is 1.68 bits per heavy atom. The zero-order chi connectivity index (χ0) is 16.2. The van der Waals surface area contributed by atoms with Crippen LogP contribution >= 0.6 is 0 Å². The summed E-state index contributed by atoms with van der Waals surface area (Å²) in [7, 11) is -3.55. The summed E-state index contributed by atoms with van der Waals surface area (Å²) >= 11 is 0. The quantitative estimate of drug-likeness (QED) is 0.639. The number of rotatable bonds is 6. The van der Waals surface area contributed by atoms with Crippen molar-refractivity contribution in [1.29, 1.82) is 0 Å². The monoisotopic (exact) mass is 324 g/mol. The molecule has 1 aromatic carbocycles. The van der Waals surface area contributed by atoms with Gasteiger partial charge in [0, 0.05) is 19.4 Å². The first-order valence-corrected chi connectivity index (χ1v) is 8.89. The number of nitrogens with one attached hydrogen (secondary N) is 1. The van der Waals surface area contributed by atoms with Crippen molar-refractivity contribution in [3.8, 4) is 0 Å². The number of nitrogens with zero attached hydrogens (tertiary/aromatic N) is 1. The molecule has 1 aromatic rings. The third-order valence-electron chi connectivity index (χ3n) is 3.51. The van der Waals surface area contributed by atoms with Gasteiger partial charge in [0.15, 0.2) is 0 Å². The highest BCUT2D eigenvalue weighted by Gasteiger charge is 2.27. The van der Waals surface area contributed by atoms with Gasteiger partial charge in [0.05, 0.1) is 10.6 Å². The van der Waals surface area contributed by atoms with E-state index in [0.717, 1.165) is 17.7 Å². The first-order chi connectivity index (χ1) is 10.5. The van der Waals surface area contributed by atoms with Crippen LogP contribution in [-0.2, 0) is 19.6 Å².